The van der Waals surface area contributed by atoms with E-state index in [0.29, 0.717) is 12.8 Å². The lowest BCUT2D eigenvalue weighted by atomic mass is 10.3. The van der Waals surface area contributed by atoms with Crippen LogP contribution in [0.15, 0.2) is 39.7 Å². The summed E-state index contributed by atoms with van der Waals surface area (Å²) in [6.45, 7) is 0. The number of hydrogen-bond donors (Lipinski definition) is 1. The molecule has 0 radical (unpaired) electrons. The van der Waals surface area contributed by atoms with Crippen LogP contribution < -0.4 is 4.72 Å². The van der Waals surface area contributed by atoms with Crippen LogP contribution in [-0.4, -0.2) is 14.5 Å². The summed E-state index contributed by atoms with van der Waals surface area (Å²) in [5.74, 6) is -0.474. The molecule has 2 rings (SSSR count). The average molecular weight is 320 g/mol. The Labute approximate surface area is 108 Å². The van der Waals surface area contributed by atoms with Gasteiger partial charge in [-0.15, -0.1) is 0 Å². The lowest BCUT2D eigenvalue weighted by molar-refractivity contribution is 0.556. The van der Waals surface area contributed by atoms with E-state index >= 15 is 0 Å². The predicted octanol–water partition coefficient (Wildman–Crippen LogP) is 2.59. The van der Waals surface area contributed by atoms with E-state index in [-0.39, 0.29) is 15.4 Å². The number of hydrogen-bond acceptors (Lipinski definition) is 2. The van der Waals surface area contributed by atoms with Crippen LogP contribution >= 0.6 is 15.9 Å². The highest BCUT2D eigenvalue weighted by atomic mass is 79.9. The first-order valence-electron chi connectivity index (χ1n) is 5.11. The first-order chi connectivity index (χ1) is 7.99. The Morgan fingerprint density at radius 2 is 1.94 bits per heavy atom. The van der Waals surface area contributed by atoms with Crippen LogP contribution in [0.25, 0.3) is 0 Å². The first-order valence-corrected chi connectivity index (χ1v) is 7.39. The predicted molar refractivity (Wildman–Crippen MR) is 66.6 cm³/mol. The minimum absolute atomic E-state index is 0.0609. The third-order valence-electron chi connectivity index (χ3n) is 2.51. The molecular weight excluding hydrogens is 309 g/mol. The van der Waals surface area contributed by atoms with E-state index in [2.05, 4.69) is 20.7 Å². The van der Waals surface area contributed by atoms with Gasteiger partial charge >= 0.3 is 0 Å². The second-order valence-corrected chi connectivity index (χ2v) is 6.37. The highest BCUT2D eigenvalue weighted by Crippen LogP contribution is 2.24. The van der Waals surface area contributed by atoms with Crippen molar-refractivity contribution >= 4 is 26.0 Å². The number of benzene rings is 1. The van der Waals surface area contributed by atoms with Crippen molar-refractivity contribution in [2.24, 2.45) is 0 Å². The molecule has 1 N–H and O–H groups in total. The fourth-order valence-corrected chi connectivity index (χ4v) is 4.00. The van der Waals surface area contributed by atoms with Gasteiger partial charge in [0.05, 0.1) is 4.90 Å². The van der Waals surface area contributed by atoms with Crippen molar-refractivity contribution in [1.29, 1.82) is 0 Å². The summed E-state index contributed by atoms with van der Waals surface area (Å²) in [6, 6.07) is 3.43. The molecule has 3 nitrogen and oxygen atoms in total. The van der Waals surface area contributed by atoms with Gasteiger partial charge in [-0.3, -0.25) is 0 Å². The Hall–Kier alpha value is -0.720. The Balaban J connectivity index is 2.25. The van der Waals surface area contributed by atoms with Crippen LogP contribution in [0.1, 0.15) is 12.8 Å². The maximum Gasteiger partial charge on any atom is 0.241 e. The van der Waals surface area contributed by atoms with E-state index in [1.165, 1.54) is 6.07 Å². The molecule has 1 aliphatic carbocycles. The Bertz CT molecular complexity index is 549. The van der Waals surface area contributed by atoms with E-state index in [9.17, 15) is 12.8 Å². The molecular formula is C11H11BrFNO2S. The Morgan fingerprint density at radius 3 is 2.53 bits per heavy atom. The maximum absolute atomic E-state index is 12.9. The molecule has 0 fully saturated rings. The normalized spacial score (nSPS) is 16.6. The fourth-order valence-electron chi connectivity index (χ4n) is 1.69. The van der Waals surface area contributed by atoms with Crippen molar-refractivity contribution in [3.05, 3.63) is 40.6 Å². The van der Waals surface area contributed by atoms with Crippen LogP contribution in [0.4, 0.5) is 4.39 Å². The highest BCUT2D eigenvalue weighted by molar-refractivity contribution is 9.10. The topological polar surface area (TPSA) is 46.2 Å². The van der Waals surface area contributed by atoms with Gasteiger partial charge in [-0.25, -0.2) is 17.5 Å². The van der Waals surface area contributed by atoms with Crippen molar-refractivity contribution < 1.29 is 12.8 Å². The van der Waals surface area contributed by atoms with E-state index in [4.69, 9.17) is 0 Å². The van der Waals surface area contributed by atoms with Crippen molar-refractivity contribution in [2.45, 2.75) is 23.8 Å². The Morgan fingerprint density at radius 1 is 1.29 bits per heavy atom. The van der Waals surface area contributed by atoms with Gasteiger partial charge in [-0.05, 0) is 47.0 Å². The second-order valence-electron chi connectivity index (χ2n) is 3.84. The summed E-state index contributed by atoms with van der Waals surface area (Å²) in [7, 11) is -3.59. The van der Waals surface area contributed by atoms with Gasteiger partial charge in [-0.2, -0.15) is 0 Å². The summed E-state index contributed by atoms with van der Waals surface area (Å²) in [6.07, 6.45) is 5.26. The van der Waals surface area contributed by atoms with Crippen molar-refractivity contribution in [3.63, 3.8) is 0 Å². The largest absolute Gasteiger partial charge is 0.241 e. The summed E-state index contributed by atoms with van der Waals surface area (Å²) >= 11 is 3.06. The van der Waals surface area contributed by atoms with E-state index in [1.54, 1.807) is 0 Å². The number of nitrogens with one attached hydrogen (secondary N) is 1. The molecule has 0 saturated heterocycles. The van der Waals surface area contributed by atoms with Crippen LogP contribution in [0, 0.1) is 5.82 Å². The Kier molecular flexibility index (Phi) is 3.65. The molecule has 0 atom stereocenters. The number of rotatable bonds is 3. The smallest absolute Gasteiger partial charge is 0.207 e. The molecule has 1 aliphatic rings. The lowest BCUT2D eigenvalue weighted by Gasteiger charge is -2.13. The van der Waals surface area contributed by atoms with Crippen LogP contribution in [-0.2, 0) is 10.0 Å². The SMILES string of the molecule is O=S(=O)(NC1CC=CC1)c1ccc(F)cc1Br. The molecule has 0 aromatic heterocycles. The zero-order chi connectivity index (χ0) is 12.5. The molecule has 0 amide bonds. The van der Waals surface area contributed by atoms with Crippen molar-refractivity contribution in [3.8, 4) is 0 Å². The van der Waals surface area contributed by atoms with Gasteiger partial charge < -0.3 is 0 Å². The molecule has 6 heteroatoms. The van der Waals surface area contributed by atoms with Gasteiger partial charge in [0.15, 0.2) is 0 Å². The van der Waals surface area contributed by atoms with E-state index in [1.807, 2.05) is 12.2 Å². The monoisotopic (exact) mass is 319 g/mol. The molecule has 0 bridgehead atoms. The third kappa shape index (κ3) is 2.94. The van der Waals surface area contributed by atoms with Gasteiger partial charge in [0.2, 0.25) is 10.0 Å². The number of sulfonamides is 1. The number of halogens is 2. The van der Waals surface area contributed by atoms with E-state index < -0.39 is 15.8 Å². The zero-order valence-corrected chi connectivity index (χ0v) is 11.3. The minimum atomic E-state index is -3.59. The molecule has 0 spiro atoms. The standard InChI is InChI=1S/C11H11BrFNO2S/c12-10-7-8(13)5-6-11(10)17(15,16)14-9-3-1-2-4-9/h1-2,5-7,9,14H,3-4H2. The molecule has 92 valence electrons. The third-order valence-corrected chi connectivity index (χ3v) is 5.01. The van der Waals surface area contributed by atoms with Crippen LogP contribution in [0.2, 0.25) is 0 Å². The molecule has 0 aliphatic heterocycles. The van der Waals surface area contributed by atoms with Crippen molar-refractivity contribution in [2.75, 3.05) is 0 Å². The molecule has 17 heavy (non-hydrogen) atoms. The zero-order valence-electron chi connectivity index (χ0n) is 8.86. The quantitative estimate of drug-likeness (QED) is 0.870. The molecule has 1 aromatic carbocycles. The highest BCUT2D eigenvalue weighted by Gasteiger charge is 2.22. The lowest BCUT2D eigenvalue weighted by Crippen LogP contribution is -2.33. The van der Waals surface area contributed by atoms with E-state index in [0.717, 1.165) is 12.1 Å². The summed E-state index contributed by atoms with van der Waals surface area (Å²) in [5, 5.41) is 0. The fraction of sp³-hybridized carbons (Fsp3) is 0.273. The molecule has 0 unspecified atom stereocenters. The van der Waals surface area contributed by atoms with Crippen LogP contribution in [0.5, 0.6) is 0 Å². The average Bonchev–Trinajstić information content (AvgIpc) is 2.68. The van der Waals surface area contributed by atoms with Gasteiger partial charge in [0.25, 0.3) is 0 Å². The molecule has 1 aromatic rings. The van der Waals surface area contributed by atoms with Gasteiger partial charge in [0.1, 0.15) is 5.82 Å². The van der Waals surface area contributed by atoms with Gasteiger partial charge in [0, 0.05) is 10.5 Å². The van der Waals surface area contributed by atoms with Crippen molar-refractivity contribution in [1.82, 2.24) is 4.72 Å². The maximum atomic E-state index is 12.9. The molecule has 0 heterocycles. The van der Waals surface area contributed by atoms with Crippen LogP contribution in [0.3, 0.4) is 0 Å². The summed E-state index contributed by atoms with van der Waals surface area (Å²) in [4.78, 5) is 0.0609. The van der Waals surface area contributed by atoms with Gasteiger partial charge in [-0.1, -0.05) is 12.2 Å². The summed E-state index contributed by atoms with van der Waals surface area (Å²) in [5.41, 5.74) is 0. The first kappa shape index (κ1) is 12.7. The second kappa shape index (κ2) is 4.88. The summed E-state index contributed by atoms with van der Waals surface area (Å²) < 4.78 is 39.8. The minimum Gasteiger partial charge on any atom is -0.207 e. The molecule has 0 saturated carbocycles.